The zero-order valence-electron chi connectivity index (χ0n) is 11.7. The van der Waals surface area contributed by atoms with E-state index in [1.807, 2.05) is 42.5 Å². The molecular weight excluding hydrogens is 444 g/mol. The second-order valence-electron chi connectivity index (χ2n) is 4.58. The summed E-state index contributed by atoms with van der Waals surface area (Å²) in [6.07, 6.45) is 1.97. The van der Waals surface area contributed by atoms with Crippen LogP contribution in [0.5, 0.6) is 0 Å². The van der Waals surface area contributed by atoms with Crippen LogP contribution < -0.4 is 19.0 Å². The van der Waals surface area contributed by atoms with Crippen LogP contribution in [0.3, 0.4) is 0 Å². The van der Waals surface area contributed by atoms with Crippen molar-refractivity contribution in [1.29, 1.82) is 0 Å². The first-order valence-electron chi connectivity index (χ1n) is 6.84. The molecule has 0 radical (unpaired) electrons. The molecule has 2 rings (SSSR count). The summed E-state index contributed by atoms with van der Waals surface area (Å²) in [5.41, 5.74) is 0.834. The van der Waals surface area contributed by atoms with E-state index >= 15 is 0 Å². The van der Waals surface area contributed by atoms with Crippen LogP contribution in [0.15, 0.2) is 42.5 Å². The molecule has 21 heavy (non-hydrogen) atoms. The number of rotatable bonds is 7. The fraction of sp³-hybridized carbons (Fsp3) is 0.267. The van der Waals surface area contributed by atoms with Crippen molar-refractivity contribution in [1.82, 2.24) is 9.30 Å². The van der Waals surface area contributed by atoms with Crippen LogP contribution in [0, 0.1) is 0 Å². The Morgan fingerprint density at radius 1 is 1.05 bits per heavy atom. The van der Waals surface area contributed by atoms with Gasteiger partial charge in [-0.25, -0.2) is 0 Å². The van der Waals surface area contributed by atoms with Gasteiger partial charge in [0.25, 0.3) is 0 Å². The quantitative estimate of drug-likeness (QED) is 0.475. The van der Waals surface area contributed by atoms with E-state index in [0.717, 1.165) is 35.8 Å². The summed E-state index contributed by atoms with van der Waals surface area (Å²) >= 11 is -0.441. The third-order valence-corrected chi connectivity index (χ3v) is 4.17. The van der Waals surface area contributed by atoms with Crippen molar-refractivity contribution >= 4 is 22.5 Å². The number of urea groups is 1. The summed E-state index contributed by atoms with van der Waals surface area (Å²) in [6, 6.07) is 13.7. The molecule has 0 saturated heterocycles. The summed E-state index contributed by atoms with van der Waals surface area (Å²) < 4.78 is 8.63. The molecule has 5 N–H and O–H groups in total. The van der Waals surface area contributed by atoms with Crippen LogP contribution in [0.4, 0.5) is 10.5 Å². The van der Waals surface area contributed by atoms with Gasteiger partial charge in [0, 0.05) is 0 Å². The summed E-state index contributed by atoms with van der Waals surface area (Å²) in [6.45, 7) is 1.60. The van der Waals surface area contributed by atoms with Gasteiger partial charge < -0.3 is 0 Å². The molecule has 0 saturated carbocycles. The number of hydrogen-bond donors (Lipinski definition) is 4. The monoisotopic (exact) mass is 465 g/mol. The van der Waals surface area contributed by atoms with Crippen molar-refractivity contribution < 1.29 is 23.0 Å². The number of fused-ring (bicyclic) bond motifs is 1. The Kier molecular flexibility index (Phi) is 6.63. The molecule has 0 unspecified atom stereocenters. The van der Waals surface area contributed by atoms with Gasteiger partial charge in [0.15, 0.2) is 0 Å². The fourth-order valence-electron chi connectivity index (χ4n) is 2.06. The van der Waals surface area contributed by atoms with Crippen molar-refractivity contribution in [3.8, 4) is 0 Å². The number of amides is 2. The average molecular weight is 465 g/mol. The molecule has 2 aromatic carbocycles. The predicted octanol–water partition coefficient (Wildman–Crippen LogP) is 2.20. The Labute approximate surface area is 133 Å². The van der Waals surface area contributed by atoms with Crippen LogP contribution in [-0.4, -0.2) is 19.1 Å². The summed E-state index contributed by atoms with van der Waals surface area (Å²) in [4.78, 5) is 11.9. The Morgan fingerprint density at radius 3 is 2.67 bits per heavy atom. The standard InChI is InChI=1S/C15H18N3O.Ir.H2N/c16-10-3-4-11-17-15(19)18-14-9-5-7-12-6-1-2-8-13(12)14;;/h1-2,5-9,16H,3-4,10-11H2,(H2,17,18,19);;1H2/q-1;+2;-1. The number of anilines is 1. The van der Waals surface area contributed by atoms with E-state index in [1.165, 1.54) is 0 Å². The molecule has 5 nitrogen and oxygen atoms in total. The van der Waals surface area contributed by atoms with Gasteiger partial charge in [0.05, 0.1) is 0 Å². The molecule has 0 aliphatic carbocycles. The van der Waals surface area contributed by atoms with Gasteiger partial charge in [-0.05, 0) is 0 Å². The Hall–Kier alpha value is -1.46. The summed E-state index contributed by atoms with van der Waals surface area (Å²) in [7, 11) is 0. The minimum atomic E-state index is -0.441. The maximum absolute atomic E-state index is 11.9. The molecule has 0 aliphatic heterocycles. The van der Waals surface area contributed by atoms with Crippen LogP contribution in [0.1, 0.15) is 12.8 Å². The van der Waals surface area contributed by atoms with Crippen LogP contribution in [0.2, 0.25) is 0 Å². The third-order valence-electron chi connectivity index (χ3n) is 3.08. The molecule has 0 heterocycles. The zero-order chi connectivity index (χ0) is 14.9. The SMILES string of the molecule is [NH2][Ir][NH]CCCCNC(=O)Nc1cccc2ccccc12. The van der Waals surface area contributed by atoms with E-state index in [1.54, 1.807) is 0 Å². The maximum atomic E-state index is 11.9. The van der Waals surface area contributed by atoms with E-state index in [9.17, 15) is 4.79 Å². The molecule has 0 atom stereocenters. The predicted molar refractivity (Wildman–Crippen MR) is 82.4 cm³/mol. The van der Waals surface area contributed by atoms with Crippen molar-refractivity contribution in [2.45, 2.75) is 12.8 Å². The van der Waals surface area contributed by atoms with Gasteiger partial charge in [0.2, 0.25) is 0 Å². The second kappa shape index (κ2) is 8.74. The van der Waals surface area contributed by atoms with E-state index in [-0.39, 0.29) is 6.03 Å². The van der Waals surface area contributed by atoms with Gasteiger partial charge in [-0.15, -0.1) is 0 Å². The molecule has 0 spiro atoms. The molecule has 2 amide bonds. The Balaban J connectivity index is 1.82. The zero-order valence-corrected chi connectivity index (χ0v) is 14.1. The van der Waals surface area contributed by atoms with Crippen LogP contribution in [0.25, 0.3) is 10.8 Å². The molecule has 115 valence electrons. The van der Waals surface area contributed by atoms with Gasteiger partial charge in [-0.1, -0.05) is 6.07 Å². The fourth-order valence-corrected chi connectivity index (χ4v) is 2.83. The van der Waals surface area contributed by atoms with Crippen molar-refractivity contribution in [2.24, 2.45) is 4.40 Å². The molecular formula is C15H20IrN4O. The molecule has 0 fully saturated rings. The first kappa shape index (κ1) is 15.9. The first-order valence-corrected chi connectivity index (χ1v) is 9.42. The number of nitrogens with two attached hydrogens (primary N) is 1. The molecule has 0 bridgehead atoms. The van der Waals surface area contributed by atoms with E-state index in [0.29, 0.717) is 6.54 Å². The number of benzene rings is 2. The number of unbranched alkanes of at least 4 members (excludes halogenated alkanes) is 1. The molecule has 6 heteroatoms. The second-order valence-corrected chi connectivity index (χ2v) is 6.12. The van der Waals surface area contributed by atoms with E-state index < -0.39 is 18.2 Å². The van der Waals surface area contributed by atoms with Crippen molar-refractivity contribution in [2.75, 3.05) is 18.4 Å². The summed E-state index contributed by atoms with van der Waals surface area (Å²) in [5.74, 6) is 0. The average Bonchev–Trinajstić information content (AvgIpc) is 2.51. The summed E-state index contributed by atoms with van der Waals surface area (Å²) in [5, 5.41) is 7.95. The first-order chi connectivity index (χ1) is 10.3. The number of carbonyl (C=O) groups is 1. The number of nitrogens with one attached hydrogen (secondary N) is 3. The van der Waals surface area contributed by atoms with Gasteiger partial charge >= 0.3 is 127 Å². The normalized spacial score (nSPS) is 10.7. The minimum absolute atomic E-state index is 0.161. The van der Waals surface area contributed by atoms with Crippen molar-refractivity contribution in [3.63, 3.8) is 0 Å². The van der Waals surface area contributed by atoms with Crippen molar-refractivity contribution in [3.05, 3.63) is 42.5 Å². The van der Waals surface area contributed by atoms with Crippen LogP contribution >= 0.6 is 0 Å². The van der Waals surface area contributed by atoms with Gasteiger partial charge in [0.1, 0.15) is 0 Å². The molecule has 2 aromatic rings. The third kappa shape index (κ3) is 5.10. The van der Waals surface area contributed by atoms with Gasteiger partial charge in [-0.2, -0.15) is 0 Å². The van der Waals surface area contributed by atoms with E-state index in [4.69, 9.17) is 4.40 Å². The topological polar surface area (TPSA) is 79.2 Å². The van der Waals surface area contributed by atoms with Gasteiger partial charge in [-0.3, -0.25) is 0 Å². The Morgan fingerprint density at radius 2 is 1.81 bits per heavy atom. The Bertz CT molecular complexity index is 585. The molecule has 0 aliphatic rings. The number of carbonyl (C=O) groups excluding carboxylic acids is 1. The van der Waals surface area contributed by atoms with Crippen LogP contribution in [-0.2, 0) is 18.2 Å². The van der Waals surface area contributed by atoms with E-state index in [2.05, 4.69) is 14.6 Å². The number of hydrogen-bond acceptors (Lipinski definition) is 3. The molecule has 0 aromatic heterocycles.